The van der Waals surface area contributed by atoms with Gasteiger partial charge in [-0.05, 0) is 61.1 Å². The molecule has 8 nitrogen and oxygen atoms in total. The molecule has 9 heteroatoms. The van der Waals surface area contributed by atoms with Crippen LogP contribution in [0.3, 0.4) is 0 Å². The van der Waals surface area contributed by atoms with Crippen LogP contribution in [0.5, 0.6) is 11.5 Å². The van der Waals surface area contributed by atoms with Crippen molar-refractivity contribution in [2.24, 2.45) is 5.92 Å². The quantitative estimate of drug-likeness (QED) is 0.237. The molecule has 1 saturated heterocycles. The molecule has 0 unspecified atom stereocenters. The number of methoxy groups -OCH3 is 2. The predicted molar refractivity (Wildman–Crippen MR) is 151 cm³/mol. The number of piperidine rings is 1. The highest BCUT2D eigenvalue weighted by Gasteiger charge is 2.48. The fourth-order valence-electron chi connectivity index (χ4n) is 4.94. The Morgan fingerprint density at radius 3 is 2.25 bits per heavy atom. The summed E-state index contributed by atoms with van der Waals surface area (Å²) >= 11 is 0. The standard InChI is InChI=1S/C31H35NO7S/c1-22-9-12-26(13-10-22)40(35,36)30-25(16-18-39-21-24-7-5-4-6-8-24)20-29(33)32(31(30)34)17-15-23-11-14-27(37-2)28(19-23)38-3/h4-14,19,25,30H,15-18,20-21H2,1-3H3/t25-,30+/m1/s1. The molecular weight excluding hydrogens is 530 g/mol. The molecule has 2 amide bonds. The van der Waals surface area contributed by atoms with Crippen LogP contribution >= 0.6 is 0 Å². The molecule has 1 fully saturated rings. The van der Waals surface area contributed by atoms with E-state index in [1.807, 2.05) is 43.3 Å². The molecule has 0 radical (unpaired) electrons. The normalized spacial score (nSPS) is 17.6. The third-order valence-corrected chi connectivity index (χ3v) is 9.36. The van der Waals surface area contributed by atoms with Gasteiger partial charge in [0.2, 0.25) is 11.8 Å². The van der Waals surface area contributed by atoms with E-state index in [0.29, 0.717) is 24.5 Å². The topological polar surface area (TPSA) is 99.2 Å². The molecule has 3 aromatic rings. The van der Waals surface area contributed by atoms with Gasteiger partial charge in [0.15, 0.2) is 21.3 Å². The average Bonchev–Trinajstić information content (AvgIpc) is 2.95. The summed E-state index contributed by atoms with van der Waals surface area (Å²) in [4.78, 5) is 28.1. The molecule has 0 saturated carbocycles. The number of nitrogens with zero attached hydrogens (tertiary/aromatic N) is 1. The summed E-state index contributed by atoms with van der Waals surface area (Å²) in [7, 11) is -0.988. The Hall–Kier alpha value is -3.69. The highest BCUT2D eigenvalue weighted by molar-refractivity contribution is 7.92. The van der Waals surface area contributed by atoms with Crippen molar-refractivity contribution in [1.82, 2.24) is 4.90 Å². The van der Waals surface area contributed by atoms with E-state index < -0.39 is 26.9 Å². The van der Waals surface area contributed by atoms with E-state index in [9.17, 15) is 18.0 Å². The number of benzene rings is 3. The number of rotatable bonds is 12. The minimum absolute atomic E-state index is 0.0534. The Labute approximate surface area is 235 Å². The number of amides is 2. The van der Waals surface area contributed by atoms with Gasteiger partial charge in [-0.15, -0.1) is 0 Å². The summed E-state index contributed by atoms with van der Waals surface area (Å²) in [5.41, 5.74) is 2.72. The predicted octanol–water partition coefficient (Wildman–Crippen LogP) is 4.38. The number of hydrogen-bond acceptors (Lipinski definition) is 7. The smallest absolute Gasteiger partial charge is 0.248 e. The van der Waals surface area contributed by atoms with Crippen LogP contribution < -0.4 is 9.47 Å². The van der Waals surface area contributed by atoms with Crippen LogP contribution in [0.4, 0.5) is 0 Å². The van der Waals surface area contributed by atoms with Crippen LogP contribution in [0.15, 0.2) is 77.7 Å². The second-order valence-electron chi connectivity index (χ2n) is 9.89. The SMILES string of the molecule is COc1ccc(CCN2C(=O)C[C@@H](CCOCc3ccccc3)[C@H](S(=O)(=O)c3ccc(C)cc3)C2=O)cc1OC. The summed E-state index contributed by atoms with van der Waals surface area (Å²) < 4.78 is 44.1. The summed E-state index contributed by atoms with van der Waals surface area (Å²) in [6, 6.07) is 21.4. The largest absolute Gasteiger partial charge is 0.493 e. The number of likely N-dealkylation sites (tertiary alicyclic amines) is 1. The Morgan fingerprint density at radius 1 is 0.875 bits per heavy atom. The maximum Gasteiger partial charge on any atom is 0.248 e. The molecule has 0 spiro atoms. The van der Waals surface area contributed by atoms with E-state index in [0.717, 1.165) is 21.6 Å². The van der Waals surface area contributed by atoms with Gasteiger partial charge in [-0.3, -0.25) is 14.5 Å². The number of sulfone groups is 1. The Morgan fingerprint density at radius 2 is 1.57 bits per heavy atom. The Balaban J connectivity index is 1.53. The van der Waals surface area contributed by atoms with Crippen LogP contribution in [0.2, 0.25) is 0 Å². The van der Waals surface area contributed by atoms with Crippen molar-refractivity contribution in [3.8, 4) is 11.5 Å². The van der Waals surface area contributed by atoms with Crippen LogP contribution in [0, 0.1) is 12.8 Å². The summed E-state index contributed by atoms with van der Waals surface area (Å²) in [6.07, 6.45) is 0.561. The zero-order valence-corrected chi connectivity index (χ0v) is 23.9. The van der Waals surface area contributed by atoms with E-state index in [1.165, 1.54) is 19.2 Å². The average molecular weight is 566 g/mol. The fourth-order valence-corrected chi connectivity index (χ4v) is 6.89. The van der Waals surface area contributed by atoms with E-state index >= 15 is 0 Å². The molecule has 2 atom stereocenters. The zero-order valence-electron chi connectivity index (χ0n) is 23.0. The van der Waals surface area contributed by atoms with E-state index in [1.54, 1.807) is 31.4 Å². The highest BCUT2D eigenvalue weighted by atomic mass is 32.2. The van der Waals surface area contributed by atoms with Crippen molar-refractivity contribution in [2.75, 3.05) is 27.4 Å². The monoisotopic (exact) mass is 565 g/mol. The van der Waals surface area contributed by atoms with Gasteiger partial charge in [-0.25, -0.2) is 8.42 Å². The van der Waals surface area contributed by atoms with Crippen molar-refractivity contribution in [3.63, 3.8) is 0 Å². The van der Waals surface area contributed by atoms with Crippen molar-refractivity contribution < 1.29 is 32.2 Å². The van der Waals surface area contributed by atoms with Crippen molar-refractivity contribution >= 4 is 21.7 Å². The highest BCUT2D eigenvalue weighted by Crippen LogP contribution is 2.33. The fraction of sp³-hybridized carbons (Fsp3) is 0.355. The molecule has 212 valence electrons. The molecule has 40 heavy (non-hydrogen) atoms. The Kier molecular flexibility index (Phi) is 9.60. The third kappa shape index (κ3) is 6.71. The maximum absolute atomic E-state index is 13.8. The molecule has 4 rings (SSSR count). The van der Waals surface area contributed by atoms with Crippen LogP contribution in [0.25, 0.3) is 0 Å². The molecule has 1 aliphatic rings. The zero-order chi connectivity index (χ0) is 28.7. The molecule has 3 aromatic carbocycles. The molecular formula is C31H35NO7S. The number of carbonyl (C=O) groups is 2. The second kappa shape index (κ2) is 13.1. The summed E-state index contributed by atoms with van der Waals surface area (Å²) in [5, 5.41) is -1.38. The van der Waals surface area contributed by atoms with Crippen molar-refractivity contribution in [2.45, 2.75) is 42.9 Å². The van der Waals surface area contributed by atoms with Crippen molar-refractivity contribution in [3.05, 3.63) is 89.5 Å². The number of imide groups is 1. The first-order valence-electron chi connectivity index (χ1n) is 13.2. The van der Waals surface area contributed by atoms with Crippen molar-refractivity contribution in [1.29, 1.82) is 0 Å². The summed E-state index contributed by atoms with van der Waals surface area (Å²) in [5.74, 6) is -0.664. The van der Waals surface area contributed by atoms with Crippen LogP contribution in [-0.2, 0) is 37.2 Å². The van der Waals surface area contributed by atoms with Gasteiger partial charge >= 0.3 is 0 Å². The molecule has 1 heterocycles. The first-order valence-corrected chi connectivity index (χ1v) is 14.8. The molecule has 0 N–H and O–H groups in total. The minimum Gasteiger partial charge on any atom is -0.493 e. The van der Waals surface area contributed by atoms with Gasteiger partial charge in [0.05, 0.1) is 25.7 Å². The lowest BCUT2D eigenvalue weighted by molar-refractivity contribution is -0.149. The Bertz CT molecular complexity index is 1420. The van der Waals surface area contributed by atoms with Crippen LogP contribution in [-0.4, -0.2) is 57.8 Å². The van der Waals surface area contributed by atoms with E-state index in [-0.39, 0.29) is 36.8 Å². The molecule has 0 aliphatic carbocycles. The number of ether oxygens (including phenoxy) is 3. The van der Waals surface area contributed by atoms with Gasteiger partial charge in [0.25, 0.3) is 0 Å². The third-order valence-electron chi connectivity index (χ3n) is 7.18. The van der Waals surface area contributed by atoms with Gasteiger partial charge in [0.1, 0.15) is 5.25 Å². The number of aryl methyl sites for hydroxylation is 1. The van der Waals surface area contributed by atoms with Gasteiger partial charge < -0.3 is 14.2 Å². The van der Waals surface area contributed by atoms with E-state index in [2.05, 4.69) is 0 Å². The maximum atomic E-state index is 13.8. The minimum atomic E-state index is -4.06. The molecule has 0 bridgehead atoms. The number of carbonyl (C=O) groups excluding carboxylic acids is 2. The molecule has 1 aliphatic heterocycles. The van der Waals surface area contributed by atoms with Gasteiger partial charge in [-0.1, -0.05) is 54.1 Å². The second-order valence-corrected chi connectivity index (χ2v) is 12.0. The van der Waals surface area contributed by atoms with Gasteiger partial charge in [-0.2, -0.15) is 0 Å². The van der Waals surface area contributed by atoms with E-state index in [4.69, 9.17) is 14.2 Å². The lowest BCUT2D eigenvalue weighted by Gasteiger charge is -2.36. The van der Waals surface area contributed by atoms with Gasteiger partial charge in [0, 0.05) is 19.6 Å². The first kappa shape index (κ1) is 29.3. The number of hydrogen-bond donors (Lipinski definition) is 0. The van der Waals surface area contributed by atoms with Crippen LogP contribution in [0.1, 0.15) is 29.5 Å². The first-order chi connectivity index (χ1) is 19.2. The molecule has 0 aromatic heterocycles. The summed E-state index contributed by atoms with van der Waals surface area (Å²) in [6.45, 7) is 2.52. The lowest BCUT2D eigenvalue weighted by Crippen LogP contribution is -2.55. The lowest BCUT2D eigenvalue weighted by atomic mass is 9.91.